The van der Waals surface area contributed by atoms with Crippen LogP contribution in [0.4, 0.5) is 0 Å². The molecule has 1 aromatic heterocycles. The smallest absolute Gasteiger partial charge is 0.0929 e. The predicted molar refractivity (Wildman–Crippen MR) is 58.0 cm³/mol. The van der Waals surface area contributed by atoms with Gasteiger partial charge in [-0.05, 0) is 25.5 Å². The van der Waals surface area contributed by atoms with Crippen LogP contribution in [-0.4, -0.2) is 9.78 Å². The summed E-state index contributed by atoms with van der Waals surface area (Å²) in [7, 11) is 0. The summed E-state index contributed by atoms with van der Waals surface area (Å²) in [5, 5.41) is 5.68. The zero-order valence-electron chi connectivity index (χ0n) is 8.62. The van der Waals surface area contributed by atoms with Crippen molar-refractivity contribution in [3.8, 4) is 0 Å². The summed E-state index contributed by atoms with van der Waals surface area (Å²) in [5.74, 6) is 0. The predicted octanol–water partition coefficient (Wildman–Crippen LogP) is 1.82. The van der Waals surface area contributed by atoms with E-state index in [1.165, 1.54) is 10.9 Å². The van der Waals surface area contributed by atoms with Gasteiger partial charge in [-0.3, -0.25) is 4.68 Å². The quantitative estimate of drug-likeness (QED) is 0.783. The molecule has 0 radical (unpaired) electrons. The minimum absolute atomic E-state index is 0.549. The van der Waals surface area contributed by atoms with Crippen LogP contribution in [0.2, 0.25) is 0 Å². The van der Waals surface area contributed by atoms with Gasteiger partial charge in [0, 0.05) is 18.5 Å². The largest absolute Gasteiger partial charge is 0.325 e. The molecule has 0 fully saturated rings. The van der Waals surface area contributed by atoms with Gasteiger partial charge in [-0.2, -0.15) is 5.10 Å². The highest BCUT2D eigenvalue weighted by molar-refractivity contribution is 5.82. The SMILES string of the molecule is CCn1nc2cc(C)ccc2c1CN. The molecule has 0 saturated carbocycles. The Morgan fingerprint density at radius 2 is 2.21 bits per heavy atom. The number of hydrogen-bond donors (Lipinski definition) is 1. The van der Waals surface area contributed by atoms with Crippen molar-refractivity contribution in [2.24, 2.45) is 5.73 Å². The maximum Gasteiger partial charge on any atom is 0.0929 e. The minimum Gasteiger partial charge on any atom is -0.325 e. The van der Waals surface area contributed by atoms with Crippen LogP contribution in [0.15, 0.2) is 18.2 Å². The first-order chi connectivity index (χ1) is 6.76. The van der Waals surface area contributed by atoms with E-state index < -0.39 is 0 Å². The molecule has 0 atom stereocenters. The standard InChI is InChI=1S/C11H15N3/c1-3-14-11(7-12)9-5-4-8(2)6-10(9)13-14/h4-6H,3,7,12H2,1-2H3. The lowest BCUT2D eigenvalue weighted by Gasteiger charge is -2.00. The highest BCUT2D eigenvalue weighted by Crippen LogP contribution is 2.19. The van der Waals surface area contributed by atoms with Crippen molar-refractivity contribution in [2.45, 2.75) is 26.9 Å². The summed E-state index contributed by atoms with van der Waals surface area (Å²) in [6.07, 6.45) is 0. The number of aromatic nitrogens is 2. The van der Waals surface area contributed by atoms with Gasteiger partial charge in [0.25, 0.3) is 0 Å². The van der Waals surface area contributed by atoms with Gasteiger partial charge in [0.05, 0.1) is 11.2 Å². The van der Waals surface area contributed by atoms with E-state index in [9.17, 15) is 0 Å². The van der Waals surface area contributed by atoms with E-state index in [0.29, 0.717) is 6.54 Å². The maximum atomic E-state index is 5.71. The van der Waals surface area contributed by atoms with Crippen molar-refractivity contribution in [3.63, 3.8) is 0 Å². The van der Waals surface area contributed by atoms with Crippen molar-refractivity contribution < 1.29 is 0 Å². The molecule has 3 nitrogen and oxygen atoms in total. The second-order valence-corrected chi connectivity index (χ2v) is 3.49. The zero-order chi connectivity index (χ0) is 10.1. The summed E-state index contributed by atoms with van der Waals surface area (Å²) >= 11 is 0. The molecule has 0 amide bonds. The van der Waals surface area contributed by atoms with Crippen LogP contribution >= 0.6 is 0 Å². The fourth-order valence-corrected chi connectivity index (χ4v) is 1.77. The highest BCUT2D eigenvalue weighted by Gasteiger charge is 2.07. The van der Waals surface area contributed by atoms with Gasteiger partial charge in [-0.25, -0.2) is 0 Å². The molecule has 0 unspecified atom stereocenters. The Bertz CT molecular complexity index is 457. The molecule has 2 aromatic rings. The first-order valence-electron chi connectivity index (χ1n) is 4.92. The first-order valence-corrected chi connectivity index (χ1v) is 4.92. The molecule has 74 valence electrons. The van der Waals surface area contributed by atoms with E-state index in [-0.39, 0.29) is 0 Å². The van der Waals surface area contributed by atoms with E-state index >= 15 is 0 Å². The number of nitrogens with zero attached hydrogens (tertiary/aromatic N) is 2. The van der Waals surface area contributed by atoms with Crippen LogP contribution < -0.4 is 5.73 Å². The summed E-state index contributed by atoms with van der Waals surface area (Å²) < 4.78 is 1.98. The third-order valence-corrected chi connectivity index (χ3v) is 2.50. The van der Waals surface area contributed by atoms with Gasteiger partial charge < -0.3 is 5.73 Å². The Morgan fingerprint density at radius 1 is 1.43 bits per heavy atom. The highest BCUT2D eigenvalue weighted by atomic mass is 15.3. The molecule has 0 aliphatic carbocycles. The molecular formula is C11H15N3. The lowest BCUT2D eigenvalue weighted by atomic mass is 10.1. The summed E-state index contributed by atoms with van der Waals surface area (Å²) in [6, 6.07) is 6.30. The van der Waals surface area contributed by atoms with Crippen molar-refractivity contribution in [2.75, 3.05) is 0 Å². The molecule has 0 spiro atoms. The molecule has 0 aliphatic heterocycles. The number of benzene rings is 1. The lowest BCUT2D eigenvalue weighted by molar-refractivity contribution is 0.630. The third kappa shape index (κ3) is 1.30. The van der Waals surface area contributed by atoms with E-state index in [1.807, 2.05) is 4.68 Å². The van der Waals surface area contributed by atoms with Gasteiger partial charge in [-0.15, -0.1) is 0 Å². The lowest BCUT2D eigenvalue weighted by Crippen LogP contribution is -2.07. The Hall–Kier alpha value is -1.35. The summed E-state index contributed by atoms with van der Waals surface area (Å²) in [6.45, 7) is 5.58. The van der Waals surface area contributed by atoms with Crippen LogP contribution in [0.1, 0.15) is 18.2 Å². The van der Waals surface area contributed by atoms with Gasteiger partial charge in [-0.1, -0.05) is 12.1 Å². The molecule has 1 aromatic carbocycles. The van der Waals surface area contributed by atoms with Crippen LogP contribution in [0.5, 0.6) is 0 Å². The number of aryl methyl sites for hydroxylation is 2. The molecule has 14 heavy (non-hydrogen) atoms. The molecule has 0 bridgehead atoms. The normalized spacial score (nSPS) is 11.1. The molecule has 1 heterocycles. The second kappa shape index (κ2) is 3.42. The van der Waals surface area contributed by atoms with Crippen molar-refractivity contribution in [1.82, 2.24) is 9.78 Å². The van der Waals surface area contributed by atoms with Gasteiger partial charge in [0.2, 0.25) is 0 Å². The van der Waals surface area contributed by atoms with Gasteiger partial charge >= 0.3 is 0 Å². The summed E-state index contributed by atoms with van der Waals surface area (Å²) in [5.41, 5.74) is 9.13. The van der Waals surface area contributed by atoms with Crippen molar-refractivity contribution in [1.29, 1.82) is 0 Å². The van der Waals surface area contributed by atoms with E-state index in [0.717, 1.165) is 17.8 Å². The van der Waals surface area contributed by atoms with Crippen LogP contribution in [-0.2, 0) is 13.1 Å². The fraction of sp³-hybridized carbons (Fsp3) is 0.364. The Labute approximate surface area is 83.5 Å². The second-order valence-electron chi connectivity index (χ2n) is 3.49. The molecule has 2 rings (SSSR count). The number of nitrogens with two attached hydrogens (primary N) is 1. The van der Waals surface area contributed by atoms with Gasteiger partial charge in [0.1, 0.15) is 0 Å². The molecule has 3 heteroatoms. The Morgan fingerprint density at radius 3 is 2.86 bits per heavy atom. The van der Waals surface area contributed by atoms with Crippen LogP contribution in [0.25, 0.3) is 10.9 Å². The molecular weight excluding hydrogens is 174 g/mol. The van der Waals surface area contributed by atoms with Crippen molar-refractivity contribution >= 4 is 10.9 Å². The average molecular weight is 189 g/mol. The first kappa shape index (κ1) is 9.21. The molecule has 2 N–H and O–H groups in total. The number of hydrogen-bond acceptors (Lipinski definition) is 2. The third-order valence-electron chi connectivity index (χ3n) is 2.50. The topological polar surface area (TPSA) is 43.8 Å². The van der Waals surface area contributed by atoms with Crippen LogP contribution in [0.3, 0.4) is 0 Å². The van der Waals surface area contributed by atoms with Gasteiger partial charge in [0.15, 0.2) is 0 Å². The monoisotopic (exact) mass is 189 g/mol. The zero-order valence-corrected chi connectivity index (χ0v) is 8.62. The van der Waals surface area contributed by atoms with E-state index in [1.54, 1.807) is 0 Å². The number of fused-ring (bicyclic) bond motifs is 1. The van der Waals surface area contributed by atoms with E-state index in [4.69, 9.17) is 5.73 Å². The molecule has 0 aliphatic rings. The van der Waals surface area contributed by atoms with Crippen LogP contribution in [0, 0.1) is 6.92 Å². The fourth-order valence-electron chi connectivity index (χ4n) is 1.77. The average Bonchev–Trinajstić information content (AvgIpc) is 2.54. The Kier molecular flexibility index (Phi) is 2.25. The van der Waals surface area contributed by atoms with E-state index in [2.05, 4.69) is 37.1 Å². The number of rotatable bonds is 2. The maximum absolute atomic E-state index is 5.71. The minimum atomic E-state index is 0.549. The molecule has 0 saturated heterocycles. The summed E-state index contributed by atoms with van der Waals surface area (Å²) in [4.78, 5) is 0. The Balaban J connectivity index is 2.73. The van der Waals surface area contributed by atoms with Crippen molar-refractivity contribution in [3.05, 3.63) is 29.5 Å².